The van der Waals surface area contributed by atoms with Gasteiger partial charge in [0.1, 0.15) is 5.82 Å². The van der Waals surface area contributed by atoms with E-state index in [2.05, 4.69) is 31.9 Å². The molecule has 0 radical (unpaired) electrons. The first-order valence-corrected chi connectivity index (χ1v) is 6.42. The summed E-state index contributed by atoms with van der Waals surface area (Å²) in [6, 6.07) is 2.10. The van der Waals surface area contributed by atoms with Crippen LogP contribution in [0.15, 0.2) is 16.7 Å². The minimum Gasteiger partial charge on any atom is -0.396 e. The number of aliphatic hydroxyl groups excluding tert-OH is 1. The molecule has 2 atom stereocenters. The molecule has 1 saturated heterocycles. The van der Waals surface area contributed by atoms with Crippen LogP contribution in [0.3, 0.4) is 0 Å². The van der Waals surface area contributed by atoms with E-state index < -0.39 is 0 Å². The average Bonchev–Trinajstić information content (AvgIpc) is 2.81. The summed E-state index contributed by atoms with van der Waals surface area (Å²) in [4.78, 5) is 6.76. The summed E-state index contributed by atoms with van der Waals surface area (Å²) in [6.07, 6.45) is 3.08. The standard InChI is InChI=1S/C12H15BrN2O/c1-8-2-10(13)11(14-4-8)15-5-9-3-12(9,6-15)7-16/h2,4,9,16H,3,5-7H2,1H3/t9-,12+/m0/s1. The van der Waals surface area contributed by atoms with E-state index in [9.17, 15) is 5.11 Å². The van der Waals surface area contributed by atoms with Crippen molar-refractivity contribution in [3.05, 3.63) is 22.3 Å². The first-order valence-electron chi connectivity index (χ1n) is 5.62. The number of rotatable bonds is 2. The van der Waals surface area contributed by atoms with Gasteiger partial charge in [-0.3, -0.25) is 0 Å². The molecule has 0 amide bonds. The van der Waals surface area contributed by atoms with Crippen molar-refractivity contribution >= 4 is 21.7 Å². The van der Waals surface area contributed by atoms with Gasteiger partial charge in [0, 0.05) is 24.7 Å². The minimum atomic E-state index is 0.187. The van der Waals surface area contributed by atoms with Gasteiger partial charge in [-0.2, -0.15) is 0 Å². The van der Waals surface area contributed by atoms with Crippen molar-refractivity contribution in [3.8, 4) is 0 Å². The zero-order valence-corrected chi connectivity index (χ0v) is 10.9. The number of hydrogen-bond acceptors (Lipinski definition) is 3. The maximum absolute atomic E-state index is 9.39. The van der Waals surface area contributed by atoms with Gasteiger partial charge in [-0.05, 0) is 46.8 Å². The Kier molecular flexibility index (Phi) is 2.27. The second kappa shape index (κ2) is 3.44. The fourth-order valence-electron chi connectivity index (χ4n) is 2.76. The number of anilines is 1. The van der Waals surface area contributed by atoms with Crippen molar-refractivity contribution in [2.24, 2.45) is 11.3 Å². The van der Waals surface area contributed by atoms with Gasteiger partial charge in [0.15, 0.2) is 0 Å². The molecule has 2 aliphatic rings. The monoisotopic (exact) mass is 282 g/mol. The smallest absolute Gasteiger partial charge is 0.142 e. The number of aliphatic hydroxyl groups is 1. The van der Waals surface area contributed by atoms with Crippen LogP contribution in [-0.4, -0.2) is 29.8 Å². The Morgan fingerprint density at radius 2 is 2.50 bits per heavy atom. The van der Waals surface area contributed by atoms with Crippen LogP contribution in [0.5, 0.6) is 0 Å². The van der Waals surface area contributed by atoms with Gasteiger partial charge in [0.25, 0.3) is 0 Å². The van der Waals surface area contributed by atoms with Gasteiger partial charge < -0.3 is 10.0 Å². The van der Waals surface area contributed by atoms with Crippen molar-refractivity contribution < 1.29 is 5.11 Å². The molecule has 1 N–H and O–H groups in total. The zero-order valence-electron chi connectivity index (χ0n) is 9.28. The van der Waals surface area contributed by atoms with E-state index in [1.165, 1.54) is 6.42 Å². The molecule has 0 aromatic carbocycles. The number of aromatic nitrogens is 1. The summed E-state index contributed by atoms with van der Waals surface area (Å²) in [5.74, 6) is 1.69. The first-order chi connectivity index (χ1) is 7.64. The third-order valence-electron chi connectivity index (χ3n) is 3.88. The first kappa shape index (κ1) is 10.5. The van der Waals surface area contributed by atoms with Crippen molar-refractivity contribution in [1.82, 2.24) is 4.98 Å². The van der Waals surface area contributed by atoms with Crippen LogP contribution in [0.1, 0.15) is 12.0 Å². The predicted molar refractivity (Wildman–Crippen MR) is 66.5 cm³/mol. The molecule has 1 saturated carbocycles. The number of nitrogens with zero attached hydrogens (tertiary/aromatic N) is 2. The predicted octanol–water partition coefficient (Wildman–Crippen LogP) is 1.97. The van der Waals surface area contributed by atoms with E-state index in [4.69, 9.17) is 0 Å². The van der Waals surface area contributed by atoms with Gasteiger partial charge in [0.2, 0.25) is 0 Å². The van der Waals surface area contributed by atoms with E-state index in [1.807, 2.05) is 13.1 Å². The Morgan fingerprint density at radius 3 is 3.12 bits per heavy atom. The summed E-state index contributed by atoms with van der Waals surface area (Å²) < 4.78 is 1.06. The Hall–Kier alpha value is -0.610. The molecule has 2 heterocycles. The normalized spacial score (nSPS) is 31.7. The topological polar surface area (TPSA) is 36.4 Å². The molecule has 1 aliphatic carbocycles. The number of aryl methyl sites for hydroxylation is 1. The Morgan fingerprint density at radius 1 is 1.69 bits per heavy atom. The van der Waals surface area contributed by atoms with Gasteiger partial charge in [0.05, 0.1) is 11.1 Å². The van der Waals surface area contributed by atoms with Crippen LogP contribution in [0.25, 0.3) is 0 Å². The van der Waals surface area contributed by atoms with Crippen LogP contribution in [0.4, 0.5) is 5.82 Å². The van der Waals surface area contributed by atoms with Gasteiger partial charge >= 0.3 is 0 Å². The van der Waals surface area contributed by atoms with Crippen LogP contribution in [0.2, 0.25) is 0 Å². The maximum atomic E-state index is 9.39. The van der Waals surface area contributed by atoms with Gasteiger partial charge in [-0.15, -0.1) is 0 Å². The van der Waals surface area contributed by atoms with Gasteiger partial charge in [-0.25, -0.2) is 4.98 Å². The zero-order chi connectivity index (χ0) is 11.3. The van der Waals surface area contributed by atoms with Crippen molar-refractivity contribution in [1.29, 1.82) is 0 Å². The average molecular weight is 283 g/mol. The molecule has 86 valence electrons. The van der Waals surface area contributed by atoms with Crippen molar-refractivity contribution in [2.75, 3.05) is 24.6 Å². The molecule has 1 aromatic heterocycles. The minimum absolute atomic E-state index is 0.187. The highest BCUT2D eigenvalue weighted by Crippen LogP contribution is 2.58. The molecule has 3 nitrogen and oxygen atoms in total. The fourth-order valence-corrected chi connectivity index (χ4v) is 3.47. The lowest BCUT2D eigenvalue weighted by Gasteiger charge is -2.22. The molecule has 4 heteroatoms. The Balaban J connectivity index is 1.85. The summed E-state index contributed by atoms with van der Waals surface area (Å²) in [5, 5.41) is 9.39. The van der Waals surface area contributed by atoms with E-state index in [-0.39, 0.29) is 5.41 Å². The molecule has 1 aromatic rings. The summed E-state index contributed by atoms with van der Waals surface area (Å²) >= 11 is 3.56. The highest BCUT2D eigenvalue weighted by Gasteiger charge is 2.59. The van der Waals surface area contributed by atoms with E-state index in [1.54, 1.807) is 0 Å². The fraction of sp³-hybridized carbons (Fsp3) is 0.583. The molecular formula is C12H15BrN2O. The summed E-state index contributed by atoms with van der Waals surface area (Å²) in [7, 11) is 0. The largest absolute Gasteiger partial charge is 0.396 e. The second-order valence-electron chi connectivity index (χ2n) is 5.12. The molecule has 0 bridgehead atoms. The van der Waals surface area contributed by atoms with Crippen molar-refractivity contribution in [3.63, 3.8) is 0 Å². The summed E-state index contributed by atoms with van der Waals surface area (Å²) in [5.41, 5.74) is 1.35. The highest BCUT2D eigenvalue weighted by atomic mass is 79.9. The van der Waals surface area contributed by atoms with Crippen LogP contribution < -0.4 is 4.90 Å². The molecule has 16 heavy (non-hydrogen) atoms. The molecule has 0 unspecified atom stereocenters. The molecule has 3 rings (SSSR count). The van der Waals surface area contributed by atoms with E-state index in [0.29, 0.717) is 12.5 Å². The van der Waals surface area contributed by atoms with Gasteiger partial charge in [-0.1, -0.05) is 0 Å². The third-order valence-corrected chi connectivity index (χ3v) is 4.46. The van der Waals surface area contributed by atoms with E-state index in [0.717, 1.165) is 28.9 Å². The quantitative estimate of drug-likeness (QED) is 0.901. The second-order valence-corrected chi connectivity index (χ2v) is 5.97. The number of piperidine rings is 1. The van der Waals surface area contributed by atoms with Crippen LogP contribution in [0, 0.1) is 18.3 Å². The summed E-state index contributed by atoms with van der Waals surface area (Å²) in [6.45, 7) is 4.34. The number of hydrogen-bond donors (Lipinski definition) is 1. The van der Waals surface area contributed by atoms with Crippen molar-refractivity contribution in [2.45, 2.75) is 13.3 Å². The molecule has 0 spiro atoms. The lowest BCUT2D eigenvalue weighted by molar-refractivity contribution is 0.216. The van der Waals surface area contributed by atoms with Crippen LogP contribution >= 0.6 is 15.9 Å². The molecular weight excluding hydrogens is 268 g/mol. The SMILES string of the molecule is Cc1cnc(N2C[C@@H]3C[C@]3(CO)C2)c(Br)c1. The molecule has 1 aliphatic heterocycles. The Bertz CT molecular complexity index is 433. The number of halogens is 1. The number of fused-ring (bicyclic) bond motifs is 1. The Labute approximate surface area is 104 Å². The lowest BCUT2D eigenvalue weighted by Crippen LogP contribution is -2.27. The lowest BCUT2D eigenvalue weighted by atomic mass is 10.1. The third kappa shape index (κ3) is 1.47. The van der Waals surface area contributed by atoms with E-state index >= 15 is 0 Å². The highest BCUT2D eigenvalue weighted by molar-refractivity contribution is 9.10. The maximum Gasteiger partial charge on any atom is 0.142 e. The number of pyridine rings is 1. The molecule has 2 fully saturated rings. The van der Waals surface area contributed by atoms with Crippen LogP contribution in [-0.2, 0) is 0 Å².